The first-order valence-electron chi connectivity index (χ1n) is 10.5. The topological polar surface area (TPSA) is 102 Å². The molecule has 0 bridgehead atoms. The summed E-state index contributed by atoms with van der Waals surface area (Å²) in [5.41, 5.74) is 9.24. The van der Waals surface area contributed by atoms with Gasteiger partial charge in [0.05, 0.1) is 21.3 Å². The number of aromatic nitrogens is 1. The van der Waals surface area contributed by atoms with Crippen molar-refractivity contribution < 1.29 is 23.8 Å². The van der Waals surface area contributed by atoms with E-state index < -0.39 is 11.8 Å². The minimum atomic E-state index is -0.508. The quantitative estimate of drug-likeness (QED) is 0.531. The molecule has 0 saturated heterocycles. The Bertz CT molecular complexity index is 1160. The molecule has 8 nitrogen and oxygen atoms in total. The van der Waals surface area contributed by atoms with E-state index in [4.69, 9.17) is 14.2 Å². The van der Waals surface area contributed by atoms with Crippen LogP contribution in [0.3, 0.4) is 0 Å². The summed E-state index contributed by atoms with van der Waals surface area (Å²) >= 11 is 0. The molecule has 1 aliphatic rings. The maximum Gasteiger partial charge on any atom is 0.269 e. The third-order valence-corrected chi connectivity index (χ3v) is 5.91. The predicted octanol–water partition coefficient (Wildman–Crippen LogP) is 3.39. The van der Waals surface area contributed by atoms with Crippen molar-refractivity contribution in [1.82, 2.24) is 15.8 Å². The van der Waals surface area contributed by atoms with Gasteiger partial charge in [0.1, 0.15) is 0 Å². The number of nitrogens with one attached hydrogen (secondary N) is 3. The van der Waals surface area contributed by atoms with E-state index in [1.54, 1.807) is 6.07 Å². The van der Waals surface area contributed by atoms with Crippen LogP contribution in [0.4, 0.5) is 0 Å². The summed E-state index contributed by atoms with van der Waals surface area (Å²) in [7, 11) is 4.42. The maximum absolute atomic E-state index is 12.7. The molecule has 0 radical (unpaired) electrons. The number of ether oxygens (including phenoxy) is 3. The zero-order chi connectivity index (χ0) is 22.8. The van der Waals surface area contributed by atoms with Crippen LogP contribution in [0.15, 0.2) is 30.3 Å². The molecule has 3 aromatic rings. The van der Waals surface area contributed by atoms with Crippen LogP contribution < -0.4 is 25.1 Å². The number of fused-ring (bicyclic) bond motifs is 3. The van der Waals surface area contributed by atoms with Gasteiger partial charge < -0.3 is 19.2 Å². The number of H-pyrrole nitrogens is 1. The van der Waals surface area contributed by atoms with Crippen molar-refractivity contribution in [3.8, 4) is 17.2 Å². The van der Waals surface area contributed by atoms with E-state index in [2.05, 4.69) is 22.8 Å². The predicted molar refractivity (Wildman–Crippen MR) is 121 cm³/mol. The van der Waals surface area contributed by atoms with Gasteiger partial charge in [0, 0.05) is 27.7 Å². The van der Waals surface area contributed by atoms with Crippen molar-refractivity contribution >= 4 is 22.7 Å². The number of hydrazine groups is 1. The molecule has 0 aliphatic heterocycles. The monoisotopic (exact) mass is 437 g/mol. The first-order valence-corrected chi connectivity index (χ1v) is 10.5. The van der Waals surface area contributed by atoms with Crippen LogP contribution in [0.25, 0.3) is 10.9 Å². The fourth-order valence-corrected chi connectivity index (χ4v) is 4.20. The first kappa shape index (κ1) is 21.5. The number of benzene rings is 2. The maximum atomic E-state index is 12.7. The number of hydrogen-bond acceptors (Lipinski definition) is 5. The summed E-state index contributed by atoms with van der Waals surface area (Å²) in [6.07, 6.45) is 3.19. The average Bonchev–Trinajstić information content (AvgIpc) is 3.18. The highest BCUT2D eigenvalue weighted by Gasteiger charge is 2.21. The summed E-state index contributed by atoms with van der Waals surface area (Å²) in [4.78, 5) is 28.8. The Hall–Kier alpha value is -3.68. The Morgan fingerprint density at radius 1 is 0.938 bits per heavy atom. The Morgan fingerprint density at radius 3 is 2.22 bits per heavy atom. The van der Waals surface area contributed by atoms with E-state index in [9.17, 15) is 9.59 Å². The molecule has 3 N–H and O–H groups in total. The summed E-state index contributed by atoms with van der Waals surface area (Å²) in [5.74, 6) is 0.795. The van der Waals surface area contributed by atoms with Crippen LogP contribution in [-0.2, 0) is 12.8 Å². The smallest absolute Gasteiger partial charge is 0.269 e. The lowest BCUT2D eigenvalue weighted by atomic mass is 9.87. The van der Waals surface area contributed by atoms with Crippen molar-refractivity contribution in [3.63, 3.8) is 0 Å². The van der Waals surface area contributed by atoms with Crippen LogP contribution in [-0.4, -0.2) is 38.1 Å². The molecule has 1 atom stereocenters. The van der Waals surface area contributed by atoms with E-state index in [1.165, 1.54) is 51.1 Å². The van der Waals surface area contributed by atoms with Gasteiger partial charge in [-0.1, -0.05) is 6.92 Å². The Kier molecular flexibility index (Phi) is 5.94. The molecule has 8 heteroatoms. The minimum absolute atomic E-state index is 0.254. The van der Waals surface area contributed by atoms with Gasteiger partial charge >= 0.3 is 0 Å². The fourth-order valence-electron chi connectivity index (χ4n) is 4.20. The lowest BCUT2D eigenvalue weighted by Crippen LogP contribution is -2.41. The summed E-state index contributed by atoms with van der Waals surface area (Å²) in [5, 5.41) is 1.06. The molecule has 0 unspecified atom stereocenters. The second-order valence-electron chi connectivity index (χ2n) is 8.01. The summed E-state index contributed by atoms with van der Waals surface area (Å²) in [6.45, 7) is 2.25. The zero-order valence-electron chi connectivity index (χ0n) is 18.6. The number of methoxy groups -OCH3 is 3. The molecule has 4 rings (SSSR count). The van der Waals surface area contributed by atoms with E-state index in [0.29, 0.717) is 28.7 Å². The number of carbonyl (C=O) groups excluding carboxylic acids is 2. The van der Waals surface area contributed by atoms with Gasteiger partial charge in [-0.2, -0.15) is 0 Å². The third-order valence-electron chi connectivity index (χ3n) is 5.91. The van der Waals surface area contributed by atoms with E-state index in [0.717, 1.165) is 23.7 Å². The Labute approximate surface area is 186 Å². The fraction of sp³-hybridized carbons (Fsp3) is 0.333. The first-order chi connectivity index (χ1) is 15.4. The van der Waals surface area contributed by atoms with Crippen LogP contribution in [0.5, 0.6) is 17.2 Å². The summed E-state index contributed by atoms with van der Waals surface area (Å²) < 4.78 is 15.8. The van der Waals surface area contributed by atoms with Crippen LogP contribution in [0, 0.1) is 5.92 Å². The normalized spacial score (nSPS) is 15.1. The molecule has 168 valence electrons. The largest absolute Gasteiger partial charge is 0.493 e. The number of carbonyl (C=O) groups is 2. The second kappa shape index (κ2) is 8.82. The number of aromatic amines is 1. The number of aryl methyl sites for hydroxylation is 1. The number of hydrogen-bond donors (Lipinski definition) is 3. The standard InChI is InChI=1S/C24H27N3O5/c1-13-5-7-18-16(9-13)17-10-14(6-8-19(17)25-18)23(28)26-27-24(29)15-11-20(30-2)22(32-4)21(12-15)31-3/h6,8,10-13,25H,5,7,9H2,1-4H3,(H,26,28)(H,27,29)/t13-/m1/s1. The minimum Gasteiger partial charge on any atom is -0.493 e. The van der Waals surface area contributed by atoms with Crippen LogP contribution in [0.2, 0.25) is 0 Å². The Balaban J connectivity index is 1.51. The molecule has 0 saturated carbocycles. The molecule has 0 spiro atoms. The third kappa shape index (κ3) is 3.95. The van der Waals surface area contributed by atoms with Gasteiger partial charge in [0.15, 0.2) is 11.5 Å². The molecule has 2 amide bonds. The SMILES string of the molecule is COc1cc(C(=O)NNC(=O)c2ccc3[nH]c4c(c3c2)C[C@H](C)CC4)cc(OC)c1OC. The molecule has 0 fully saturated rings. The van der Waals surface area contributed by atoms with E-state index in [1.807, 2.05) is 12.1 Å². The van der Waals surface area contributed by atoms with Crippen LogP contribution in [0.1, 0.15) is 45.3 Å². The lowest BCUT2D eigenvalue weighted by molar-refractivity contribution is 0.0846. The highest BCUT2D eigenvalue weighted by Crippen LogP contribution is 2.38. The van der Waals surface area contributed by atoms with Crippen molar-refractivity contribution in [1.29, 1.82) is 0 Å². The highest BCUT2D eigenvalue weighted by atomic mass is 16.5. The molecular formula is C24H27N3O5. The van der Waals surface area contributed by atoms with Gasteiger partial charge in [-0.05, 0) is 61.1 Å². The Morgan fingerprint density at radius 2 is 1.59 bits per heavy atom. The molecule has 2 aromatic carbocycles. The van der Waals surface area contributed by atoms with Gasteiger partial charge in [-0.3, -0.25) is 20.4 Å². The van der Waals surface area contributed by atoms with Gasteiger partial charge in [-0.15, -0.1) is 0 Å². The van der Waals surface area contributed by atoms with Crippen molar-refractivity contribution in [3.05, 3.63) is 52.7 Å². The van der Waals surface area contributed by atoms with Gasteiger partial charge in [0.2, 0.25) is 5.75 Å². The van der Waals surface area contributed by atoms with Crippen LogP contribution >= 0.6 is 0 Å². The molecule has 1 heterocycles. The highest BCUT2D eigenvalue weighted by molar-refractivity contribution is 6.02. The van der Waals surface area contributed by atoms with E-state index >= 15 is 0 Å². The second-order valence-corrected chi connectivity index (χ2v) is 8.01. The number of amides is 2. The van der Waals surface area contributed by atoms with Gasteiger partial charge in [0.25, 0.3) is 11.8 Å². The lowest BCUT2D eigenvalue weighted by Gasteiger charge is -2.18. The molecule has 1 aromatic heterocycles. The zero-order valence-corrected chi connectivity index (χ0v) is 18.6. The molecular weight excluding hydrogens is 410 g/mol. The summed E-state index contributed by atoms with van der Waals surface area (Å²) in [6, 6.07) is 8.57. The van der Waals surface area contributed by atoms with Crippen molar-refractivity contribution in [2.75, 3.05) is 21.3 Å². The number of rotatable bonds is 5. The average molecular weight is 437 g/mol. The molecule has 1 aliphatic carbocycles. The molecule has 32 heavy (non-hydrogen) atoms. The van der Waals surface area contributed by atoms with Crippen molar-refractivity contribution in [2.45, 2.75) is 26.2 Å². The van der Waals surface area contributed by atoms with Crippen molar-refractivity contribution in [2.24, 2.45) is 5.92 Å². The van der Waals surface area contributed by atoms with E-state index in [-0.39, 0.29) is 5.56 Å². The van der Waals surface area contributed by atoms with Gasteiger partial charge in [-0.25, -0.2) is 0 Å².